The smallest absolute Gasteiger partial charge is 0.240 e. The number of sulfonamides is 1. The Bertz CT molecular complexity index is 735. The second-order valence-corrected chi connectivity index (χ2v) is 6.31. The van der Waals surface area contributed by atoms with E-state index in [9.17, 15) is 12.8 Å². The summed E-state index contributed by atoms with van der Waals surface area (Å²) >= 11 is 5.95. The van der Waals surface area contributed by atoms with Gasteiger partial charge in [0.05, 0.1) is 4.90 Å². The molecule has 0 aliphatic heterocycles. The van der Waals surface area contributed by atoms with Crippen molar-refractivity contribution in [3.8, 4) is 0 Å². The van der Waals surface area contributed by atoms with Crippen molar-refractivity contribution in [1.29, 1.82) is 0 Å². The lowest BCUT2D eigenvalue weighted by atomic mass is 10.2. The number of anilines is 1. The minimum atomic E-state index is -3.79. The molecule has 106 valence electrons. The zero-order valence-corrected chi connectivity index (χ0v) is 11.9. The van der Waals surface area contributed by atoms with Crippen LogP contribution in [0.25, 0.3) is 0 Å². The molecule has 0 atom stereocenters. The van der Waals surface area contributed by atoms with Crippen molar-refractivity contribution >= 4 is 27.3 Å². The maximum absolute atomic E-state index is 13.0. The van der Waals surface area contributed by atoms with E-state index >= 15 is 0 Å². The Kier molecular flexibility index (Phi) is 4.27. The topological polar surface area (TPSA) is 72.2 Å². The van der Waals surface area contributed by atoms with E-state index in [4.69, 9.17) is 17.3 Å². The van der Waals surface area contributed by atoms with Crippen LogP contribution in [0.5, 0.6) is 0 Å². The minimum absolute atomic E-state index is 0.00202. The SMILES string of the molecule is Nc1ccc(CNS(=O)(=O)c2cccc(F)c2)c(Cl)c1. The fourth-order valence-corrected chi connectivity index (χ4v) is 2.89. The first kappa shape index (κ1) is 14.8. The molecule has 0 spiro atoms. The first-order valence-electron chi connectivity index (χ1n) is 5.67. The lowest BCUT2D eigenvalue weighted by Gasteiger charge is -2.08. The van der Waals surface area contributed by atoms with E-state index in [1.165, 1.54) is 24.3 Å². The van der Waals surface area contributed by atoms with Crippen LogP contribution in [0, 0.1) is 5.82 Å². The van der Waals surface area contributed by atoms with Crippen molar-refractivity contribution in [2.24, 2.45) is 0 Å². The summed E-state index contributed by atoms with van der Waals surface area (Å²) in [6, 6.07) is 9.57. The van der Waals surface area contributed by atoms with Gasteiger partial charge in [-0.2, -0.15) is 0 Å². The predicted molar refractivity (Wildman–Crippen MR) is 76.3 cm³/mol. The number of nitrogens with two attached hydrogens (primary N) is 1. The molecule has 0 radical (unpaired) electrons. The molecule has 0 amide bonds. The molecule has 0 unspecified atom stereocenters. The standard InChI is InChI=1S/C13H12ClFN2O2S/c14-13-7-11(16)5-4-9(13)8-17-20(18,19)12-3-1-2-10(15)6-12/h1-7,17H,8,16H2. The highest BCUT2D eigenvalue weighted by Crippen LogP contribution is 2.19. The van der Waals surface area contributed by atoms with Gasteiger partial charge < -0.3 is 5.73 Å². The van der Waals surface area contributed by atoms with Gasteiger partial charge in [-0.15, -0.1) is 0 Å². The van der Waals surface area contributed by atoms with Crippen LogP contribution in [-0.4, -0.2) is 8.42 Å². The predicted octanol–water partition coefficient (Wildman–Crippen LogP) is 2.54. The van der Waals surface area contributed by atoms with E-state index < -0.39 is 15.8 Å². The fraction of sp³-hybridized carbons (Fsp3) is 0.0769. The van der Waals surface area contributed by atoms with Gasteiger partial charge in [0.1, 0.15) is 5.82 Å². The van der Waals surface area contributed by atoms with Crippen LogP contribution in [0.15, 0.2) is 47.4 Å². The Morgan fingerprint density at radius 2 is 1.95 bits per heavy atom. The lowest BCUT2D eigenvalue weighted by molar-refractivity contribution is 0.577. The van der Waals surface area contributed by atoms with Crippen LogP contribution >= 0.6 is 11.6 Å². The van der Waals surface area contributed by atoms with Gasteiger partial charge in [-0.25, -0.2) is 17.5 Å². The molecule has 7 heteroatoms. The summed E-state index contributed by atoms with van der Waals surface area (Å²) < 4.78 is 39.4. The number of hydrogen-bond donors (Lipinski definition) is 2. The molecule has 0 saturated heterocycles. The third kappa shape index (κ3) is 3.47. The maximum atomic E-state index is 13.0. The largest absolute Gasteiger partial charge is 0.399 e. The van der Waals surface area contributed by atoms with E-state index in [-0.39, 0.29) is 11.4 Å². The van der Waals surface area contributed by atoms with E-state index in [1.807, 2.05) is 0 Å². The van der Waals surface area contributed by atoms with Crippen molar-refractivity contribution in [3.63, 3.8) is 0 Å². The third-order valence-corrected chi connectivity index (χ3v) is 4.39. The van der Waals surface area contributed by atoms with Gasteiger partial charge in [-0.05, 0) is 35.9 Å². The number of nitrogens with one attached hydrogen (secondary N) is 1. The number of hydrogen-bond acceptors (Lipinski definition) is 3. The van der Waals surface area contributed by atoms with Gasteiger partial charge in [-0.3, -0.25) is 0 Å². The molecule has 20 heavy (non-hydrogen) atoms. The second-order valence-electron chi connectivity index (χ2n) is 4.13. The van der Waals surface area contributed by atoms with Crippen LogP contribution in [0.4, 0.5) is 10.1 Å². The van der Waals surface area contributed by atoms with Crippen molar-refractivity contribution in [1.82, 2.24) is 4.72 Å². The highest BCUT2D eigenvalue weighted by atomic mass is 35.5. The average Bonchev–Trinajstić information content (AvgIpc) is 2.37. The summed E-state index contributed by atoms with van der Waals surface area (Å²) in [5, 5.41) is 0.368. The molecule has 0 bridgehead atoms. The number of benzene rings is 2. The third-order valence-electron chi connectivity index (χ3n) is 2.64. The number of nitrogen functional groups attached to an aromatic ring is 1. The fourth-order valence-electron chi connectivity index (χ4n) is 1.60. The highest BCUT2D eigenvalue weighted by Gasteiger charge is 2.15. The Morgan fingerprint density at radius 3 is 2.60 bits per heavy atom. The van der Waals surface area contributed by atoms with Gasteiger partial charge in [0, 0.05) is 17.3 Å². The normalized spacial score (nSPS) is 11.5. The van der Waals surface area contributed by atoms with Gasteiger partial charge in [-0.1, -0.05) is 23.7 Å². The van der Waals surface area contributed by atoms with Crippen molar-refractivity contribution < 1.29 is 12.8 Å². The Morgan fingerprint density at radius 1 is 1.20 bits per heavy atom. The van der Waals surface area contributed by atoms with Gasteiger partial charge >= 0.3 is 0 Å². The molecule has 0 aliphatic carbocycles. The molecule has 4 nitrogen and oxygen atoms in total. The summed E-state index contributed by atoms with van der Waals surface area (Å²) in [7, 11) is -3.79. The summed E-state index contributed by atoms with van der Waals surface area (Å²) in [6.07, 6.45) is 0. The zero-order chi connectivity index (χ0) is 14.8. The van der Waals surface area contributed by atoms with E-state index in [1.54, 1.807) is 12.1 Å². The molecule has 0 fully saturated rings. The number of halogens is 2. The summed E-state index contributed by atoms with van der Waals surface area (Å²) in [6.45, 7) is -0.00202. The van der Waals surface area contributed by atoms with E-state index in [2.05, 4.69) is 4.72 Å². The molecule has 2 aromatic carbocycles. The van der Waals surface area contributed by atoms with E-state index in [0.717, 1.165) is 6.07 Å². The summed E-state index contributed by atoms with van der Waals surface area (Å²) in [5.41, 5.74) is 6.63. The Labute approximate surface area is 121 Å². The molecular formula is C13H12ClFN2O2S. The summed E-state index contributed by atoms with van der Waals surface area (Å²) in [5.74, 6) is -0.613. The Hall–Kier alpha value is -1.63. The quantitative estimate of drug-likeness (QED) is 0.852. The minimum Gasteiger partial charge on any atom is -0.399 e. The number of rotatable bonds is 4. The molecule has 2 aromatic rings. The van der Waals surface area contributed by atoms with Crippen molar-refractivity contribution in [2.75, 3.05) is 5.73 Å². The summed E-state index contributed by atoms with van der Waals surface area (Å²) in [4.78, 5) is -0.135. The van der Waals surface area contributed by atoms with E-state index in [0.29, 0.717) is 16.3 Å². The van der Waals surface area contributed by atoms with Gasteiger partial charge in [0.15, 0.2) is 0 Å². The van der Waals surface area contributed by atoms with Gasteiger partial charge in [0.25, 0.3) is 0 Å². The molecule has 2 rings (SSSR count). The molecule has 0 saturated carbocycles. The lowest BCUT2D eigenvalue weighted by Crippen LogP contribution is -2.23. The van der Waals surface area contributed by atoms with Crippen molar-refractivity contribution in [2.45, 2.75) is 11.4 Å². The highest BCUT2D eigenvalue weighted by molar-refractivity contribution is 7.89. The average molecular weight is 315 g/mol. The van der Waals surface area contributed by atoms with Crippen LogP contribution < -0.4 is 10.5 Å². The van der Waals surface area contributed by atoms with Crippen molar-refractivity contribution in [3.05, 3.63) is 58.9 Å². The molecule has 0 aromatic heterocycles. The first-order valence-corrected chi connectivity index (χ1v) is 7.54. The Balaban J connectivity index is 2.17. The molecule has 0 aliphatic rings. The second kappa shape index (κ2) is 5.78. The molecule has 3 N–H and O–H groups in total. The molecular weight excluding hydrogens is 303 g/mol. The van der Waals surface area contributed by atoms with Crippen LogP contribution in [0.1, 0.15) is 5.56 Å². The first-order chi connectivity index (χ1) is 9.38. The zero-order valence-electron chi connectivity index (χ0n) is 10.3. The van der Waals surface area contributed by atoms with Crippen LogP contribution in [0.3, 0.4) is 0 Å². The van der Waals surface area contributed by atoms with Gasteiger partial charge in [0.2, 0.25) is 10.0 Å². The molecule has 0 heterocycles. The monoisotopic (exact) mass is 314 g/mol. The van der Waals surface area contributed by atoms with Crippen LogP contribution in [0.2, 0.25) is 5.02 Å². The van der Waals surface area contributed by atoms with Crippen LogP contribution in [-0.2, 0) is 16.6 Å². The maximum Gasteiger partial charge on any atom is 0.240 e.